The summed E-state index contributed by atoms with van der Waals surface area (Å²) in [6.07, 6.45) is 5.34. The number of carbonyl (C=O) groups excluding carboxylic acids is 1. The van der Waals surface area contributed by atoms with Crippen LogP contribution in [0.15, 0.2) is 69.9 Å². The fourth-order valence-electron chi connectivity index (χ4n) is 3.39. The fraction of sp³-hybridized carbons (Fsp3) is 0.227. The third kappa shape index (κ3) is 3.36. The summed E-state index contributed by atoms with van der Waals surface area (Å²) in [5.41, 5.74) is 1.74. The summed E-state index contributed by atoms with van der Waals surface area (Å²) >= 11 is 0. The Labute approximate surface area is 151 Å². The van der Waals surface area contributed by atoms with Gasteiger partial charge in [0.2, 0.25) is 5.91 Å². The maximum Gasteiger partial charge on any atom is 0.224 e. The second kappa shape index (κ2) is 7.08. The van der Waals surface area contributed by atoms with Crippen LogP contribution in [0, 0.1) is 0 Å². The van der Waals surface area contributed by atoms with E-state index in [0.717, 1.165) is 45.9 Å². The average Bonchev–Trinajstić information content (AvgIpc) is 3.30. The number of carbonyl (C=O) groups is 1. The highest BCUT2D eigenvalue weighted by Crippen LogP contribution is 2.30. The van der Waals surface area contributed by atoms with Crippen molar-refractivity contribution in [2.24, 2.45) is 0 Å². The van der Waals surface area contributed by atoms with E-state index in [1.807, 2.05) is 43.3 Å². The molecule has 0 aliphatic rings. The van der Waals surface area contributed by atoms with Crippen molar-refractivity contribution in [3.05, 3.63) is 72.4 Å². The number of aryl methyl sites for hydroxylation is 1. The van der Waals surface area contributed by atoms with Gasteiger partial charge in [-0.2, -0.15) is 0 Å². The molecule has 1 N–H and O–H groups in total. The average molecular weight is 347 g/mol. The van der Waals surface area contributed by atoms with Crippen molar-refractivity contribution in [3.63, 3.8) is 0 Å². The first-order valence-electron chi connectivity index (χ1n) is 8.90. The Kier molecular flexibility index (Phi) is 4.48. The van der Waals surface area contributed by atoms with Crippen molar-refractivity contribution in [2.45, 2.75) is 32.2 Å². The number of fused-ring (bicyclic) bond motifs is 3. The van der Waals surface area contributed by atoms with Gasteiger partial charge in [-0.3, -0.25) is 4.79 Å². The molecule has 4 aromatic rings. The highest BCUT2D eigenvalue weighted by Gasteiger charge is 2.15. The van der Waals surface area contributed by atoms with Crippen LogP contribution in [0.3, 0.4) is 0 Å². The zero-order valence-electron chi connectivity index (χ0n) is 14.7. The minimum atomic E-state index is 0.00702. The van der Waals surface area contributed by atoms with Crippen LogP contribution in [-0.4, -0.2) is 11.9 Å². The van der Waals surface area contributed by atoms with Crippen LogP contribution in [0.25, 0.3) is 21.7 Å². The van der Waals surface area contributed by atoms with Gasteiger partial charge in [-0.05, 0) is 42.3 Å². The largest absolute Gasteiger partial charge is 0.469 e. The summed E-state index contributed by atoms with van der Waals surface area (Å²) in [5, 5.41) is 6.37. The molecule has 26 heavy (non-hydrogen) atoms. The smallest absolute Gasteiger partial charge is 0.224 e. The van der Waals surface area contributed by atoms with Crippen molar-refractivity contribution in [2.75, 3.05) is 0 Å². The van der Waals surface area contributed by atoms with Gasteiger partial charge in [0.25, 0.3) is 0 Å². The highest BCUT2D eigenvalue weighted by molar-refractivity contribution is 6.08. The molecular weight excluding hydrogens is 326 g/mol. The fourth-order valence-corrected chi connectivity index (χ4v) is 3.39. The maximum absolute atomic E-state index is 12.5. The standard InChI is InChI=1S/C22H21NO3/c1-15(8-10-18-6-4-12-25-18)23-21(24)13-17-14-26-20-11-9-16-5-2-3-7-19(16)22(17)20/h2-7,9,11-12,14-15H,8,10,13H2,1H3,(H,23,24). The molecule has 1 amide bonds. The van der Waals surface area contributed by atoms with E-state index < -0.39 is 0 Å². The molecule has 2 aromatic carbocycles. The molecule has 0 aliphatic heterocycles. The number of rotatable bonds is 6. The van der Waals surface area contributed by atoms with E-state index in [1.165, 1.54) is 0 Å². The predicted octanol–water partition coefficient (Wildman–Crippen LogP) is 4.86. The maximum atomic E-state index is 12.5. The molecule has 4 heteroatoms. The zero-order valence-corrected chi connectivity index (χ0v) is 14.7. The lowest BCUT2D eigenvalue weighted by atomic mass is 10.0. The first-order valence-corrected chi connectivity index (χ1v) is 8.90. The molecule has 0 saturated heterocycles. The summed E-state index contributed by atoms with van der Waals surface area (Å²) in [4.78, 5) is 12.5. The predicted molar refractivity (Wildman–Crippen MR) is 102 cm³/mol. The molecule has 2 heterocycles. The third-order valence-electron chi connectivity index (χ3n) is 4.70. The van der Waals surface area contributed by atoms with Crippen molar-refractivity contribution in [1.29, 1.82) is 0 Å². The lowest BCUT2D eigenvalue weighted by Crippen LogP contribution is -2.33. The minimum absolute atomic E-state index is 0.00702. The number of hydrogen-bond acceptors (Lipinski definition) is 3. The van der Waals surface area contributed by atoms with E-state index in [2.05, 4.69) is 17.4 Å². The van der Waals surface area contributed by atoms with Crippen LogP contribution in [-0.2, 0) is 17.6 Å². The summed E-state index contributed by atoms with van der Waals surface area (Å²) in [6.45, 7) is 2.02. The molecule has 4 nitrogen and oxygen atoms in total. The Hall–Kier alpha value is -3.01. The van der Waals surface area contributed by atoms with Gasteiger partial charge in [-0.25, -0.2) is 0 Å². The third-order valence-corrected chi connectivity index (χ3v) is 4.70. The van der Waals surface area contributed by atoms with Crippen LogP contribution >= 0.6 is 0 Å². The van der Waals surface area contributed by atoms with E-state index in [4.69, 9.17) is 8.83 Å². The number of furan rings is 2. The molecule has 4 rings (SSSR count). The Balaban J connectivity index is 1.46. The second-order valence-corrected chi connectivity index (χ2v) is 6.68. The molecule has 0 aliphatic carbocycles. The molecule has 0 saturated carbocycles. The molecule has 0 radical (unpaired) electrons. The lowest BCUT2D eigenvalue weighted by molar-refractivity contribution is -0.121. The molecule has 1 unspecified atom stereocenters. The number of amides is 1. The van der Waals surface area contributed by atoms with E-state index in [1.54, 1.807) is 12.5 Å². The van der Waals surface area contributed by atoms with Gasteiger partial charge < -0.3 is 14.2 Å². The van der Waals surface area contributed by atoms with Crippen LogP contribution in [0.2, 0.25) is 0 Å². The van der Waals surface area contributed by atoms with Crippen molar-refractivity contribution < 1.29 is 13.6 Å². The van der Waals surface area contributed by atoms with Gasteiger partial charge in [-0.1, -0.05) is 30.3 Å². The first-order chi connectivity index (χ1) is 12.7. The van der Waals surface area contributed by atoms with E-state index in [0.29, 0.717) is 6.42 Å². The van der Waals surface area contributed by atoms with Crippen LogP contribution in [0.1, 0.15) is 24.7 Å². The van der Waals surface area contributed by atoms with Crippen LogP contribution < -0.4 is 5.32 Å². The summed E-state index contributed by atoms with van der Waals surface area (Å²) in [7, 11) is 0. The topological polar surface area (TPSA) is 55.4 Å². The Morgan fingerprint density at radius 2 is 1.96 bits per heavy atom. The molecule has 0 fully saturated rings. The quantitative estimate of drug-likeness (QED) is 0.542. The van der Waals surface area contributed by atoms with E-state index in [-0.39, 0.29) is 11.9 Å². The van der Waals surface area contributed by atoms with Gasteiger partial charge in [-0.15, -0.1) is 0 Å². The summed E-state index contributed by atoms with van der Waals surface area (Å²) < 4.78 is 11.0. The van der Waals surface area contributed by atoms with Gasteiger partial charge in [0, 0.05) is 23.4 Å². The summed E-state index contributed by atoms with van der Waals surface area (Å²) in [6, 6.07) is 16.1. The Morgan fingerprint density at radius 1 is 1.08 bits per heavy atom. The van der Waals surface area contributed by atoms with E-state index in [9.17, 15) is 4.79 Å². The minimum Gasteiger partial charge on any atom is -0.469 e. The molecule has 1 atom stereocenters. The van der Waals surface area contributed by atoms with Crippen molar-refractivity contribution >= 4 is 27.6 Å². The molecule has 0 spiro atoms. The molecule has 2 aromatic heterocycles. The van der Waals surface area contributed by atoms with Crippen molar-refractivity contribution in [1.82, 2.24) is 5.32 Å². The normalized spacial score (nSPS) is 12.5. The van der Waals surface area contributed by atoms with Crippen LogP contribution in [0.4, 0.5) is 0 Å². The number of nitrogens with one attached hydrogen (secondary N) is 1. The Morgan fingerprint density at radius 3 is 2.81 bits per heavy atom. The van der Waals surface area contributed by atoms with Crippen molar-refractivity contribution in [3.8, 4) is 0 Å². The molecule has 132 valence electrons. The number of hydrogen-bond donors (Lipinski definition) is 1. The van der Waals surface area contributed by atoms with Gasteiger partial charge in [0.15, 0.2) is 0 Å². The molecule has 0 bridgehead atoms. The number of benzene rings is 2. The lowest BCUT2D eigenvalue weighted by Gasteiger charge is -2.13. The summed E-state index contributed by atoms with van der Waals surface area (Å²) in [5.74, 6) is 0.950. The van der Waals surface area contributed by atoms with E-state index >= 15 is 0 Å². The zero-order chi connectivity index (χ0) is 17.9. The van der Waals surface area contributed by atoms with Crippen LogP contribution in [0.5, 0.6) is 0 Å². The second-order valence-electron chi connectivity index (χ2n) is 6.68. The van der Waals surface area contributed by atoms with Gasteiger partial charge >= 0.3 is 0 Å². The van der Waals surface area contributed by atoms with Gasteiger partial charge in [0.1, 0.15) is 11.3 Å². The Bertz CT molecular complexity index is 1030. The highest BCUT2D eigenvalue weighted by atomic mass is 16.3. The SMILES string of the molecule is CC(CCc1ccco1)NC(=O)Cc1coc2ccc3ccccc3c12. The monoisotopic (exact) mass is 347 g/mol. The molecular formula is C22H21NO3. The first kappa shape index (κ1) is 16.5. The van der Waals surface area contributed by atoms with Gasteiger partial charge in [0.05, 0.1) is 18.9 Å².